The molecular formula is C17H19NO. The van der Waals surface area contributed by atoms with E-state index < -0.39 is 0 Å². The van der Waals surface area contributed by atoms with Gasteiger partial charge in [-0.1, -0.05) is 12.2 Å². The average molecular weight is 253 g/mol. The van der Waals surface area contributed by atoms with Crippen molar-refractivity contribution in [2.24, 2.45) is 0 Å². The molecule has 98 valence electrons. The van der Waals surface area contributed by atoms with E-state index in [-0.39, 0.29) is 0 Å². The number of allylic oxidation sites excluding steroid dienone is 1. The molecule has 2 nitrogen and oxygen atoms in total. The van der Waals surface area contributed by atoms with Gasteiger partial charge in [0.05, 0.1) is 5.52 Å². The molecule has 0 bridgehead atoms. The molecule has 0 unspecified atom stereocenters. The fourth-order valence-corrected chi connectivity index (χ4v) is 2.61. The van der Waals surface area contributed by atoms with Crippen molar-refractivity contribution in [2.45, 2.75) is 32.6 Å². The van der Waals surface area contributed by atoms with Gasteiger partial charge in [-0.25, -0.2) is 0 Å². The minimum atomic E-state index is 0.625. The molecule has 0 spiro atoms. The van der Waals surface area contributed by atoms with Gasteiger partial charge in [-0.3, -0.25) is 4.98 Å². The fourth-order valence-electron chi connectivity index (χ4n) is 2.61. The van der Waals surface area contributed by atoms with E-state index in [9.17, 15) is 0 Å². The maximum absolute atomic E-state index is 5.68. The largest absolute Gasteiger partial charge is 0.490 e. The normalized spacial score (nSPS) is 14.8. The molecule has 0 radical (unpaired) electrons. The number of ether oxygens (including phenoxy) is 1. The molecule has 2 aromatic rings. The first-order valence-electron chi connectivity index (χ1n) is 7.03. The number of aromatic nitrogens is 1. The van der Waals surface area contributed by atoms with Gasteiger partial charge in [0.25, 0.3) is 0 Å². The van der Waals surface area contributed by atoms with Gasteiger partial charge in [0.15, 0.2) is 0 Å². The molecule has 1 aliphatic carbocycles. The van der Waals surface area contributed by atoms with Crippen molar-refractivity contribution in [2.75, 3.05) is 6.61 Å². The van der Waals surface area contributed by atoms with Gasteiger partial charge in [-0.05, 0) is 62.4 Å². The Morgan fingerprint density at radius 1 is 1.21 bits per heavy atom. The number of benzene rings is 1. The Balaban J connectivity index is 1.93. The summed E-state index contributed by atoms with van der Waals surface area (Å²) in [5.74, 6) is 0.920. The summed E-state index contributed by atoms with van der Waals surface area (Å²) in [4.78, 5) is 4.78. The quantitative estimate of drug-likeness (QED) is 0.769. The summed E-state index contributed by atoms with van der Waals surface area (Å²) in [5, 5.41) is 1.19. The highest BCUT2D eigenvalue weighted by Gasteiger charge is 2.11. The Morgan fingerprint density at radius 3 is 3.00 bits per heavy atom. The Bertz CT molecular complexity index is 616. The Labute approximate surface area is 114 Å². The van der Waals surface area contributed by atoms with Crippen LogP contribution in [0.1, 0.15) is 31.0 Å². The standard InChI is InChI=1S/C17H19NO/c1-2-3-10-19-15-8-9-17-14(12-15)11-13-6-4-5-7-16(13)18-17/h2-3,8-9,11-12H,4-7,10H2,1H3/b3-2+. The zero-order valence-corrected chi connectivity index (χ0v) is 11.4. The molecule has 0 atom stereocenters. The van der Waals surface area contributed by atoms with Crippen LogP contribution >= 0.6 is 0 Å². The molecule has 1 heterocycles. The molecule has 3 rings (SSSR count). The van der Waals surface area contributed by atoms with Crippen molar-refractivity contribution in [1.82, 2.24) is 4.98 Å². The third-order valence-corrected chi connectivity index (χ3v) is 3.65. The predicted octanol–water partition coefficient (Wildman–Crippen LogP) is 4.07. The maximum Gasteiger partial charge on any atom is 0.120 e. The molecule has 0 saturated carbocycles. The van der Waals surface area contributed by atoms with E-state index in [1.54, 1.807) is 0 Å². The van der Waals surface area contributed by atoms with E-state index >= 15 is 0 Å². The van der Waals surface area contributed by atoms with Crippen LogP contribution < -0.4 is 4.74 Å². The zero-order chi connectivity index (χ0) is 13.1. The van der Waals surface area contributed by atoms with Crippen LogP contribution in [0.2, 0.25) is 0 Å². The van der Waals surface area contributed by atoms with Gasteiger partial charge in [0, 0.05) is 11.1 Å². The van der Waals surface area contributed by atoms with Crippen molar-refractivity contribution >= 4 is 10.9 Å². The monoisotopic (exact) mass is 253 g/mol. The van der Waals surface area contributed by atoms with Crippen LogP contribution in [0.4, 0.5) is 0 Å². The van der Waals surface area contributed by atoms with E-state index in [4.69, 9.17) is 9.72 Å². The van der Waals surface area contributed by atoms with Crippen LogP contribution in [0.5, 0.6) is 5.75 Å². The Morgan fingerprint density at radius 2 is 2.11 bits per heavy atom. The highest BCUT2D eigenvalue weighted by molar-refractivity contribution is 5.81. The lowest BCUT2D eigenvalue weighted by Gasteiger charge is -2.15. The lowest BCUT2D eigenvalue weighted by atomic mass is 9.95. The van der Waals surface area contributed by atoms with E-state index in [2.05, 4.69) is 18.2 Å². The molecule has 0 N–H and O–H groups in total. The molecule has 0 fully saturated rings. The summed E-state index contributed by atoms with van der Waals surface area (Å²) < 4.78 is 5.68. The first kappa shape index (κ1) is 12.2. The van der Waals surface area contributed by atoms with E-state index in [0.717, 1.165) is 17.7 Å². The number of pyridine rings is 1. The Kier molecular flexibility index (Phi) is 3.49. The highest BCUT2D eigenvalue weighted by Crippen LogP contribution is 2.26. The van der Waals surface area contributed by atoms with Crippen LogP contribution in [0.15, 0.2) is 36.4 Å². The van der Waals surface area contributed by atoms with Crippen molar-refractivity contribution in [3.8, 4) is 5.75 Å². The number of rotatable bonds is 3. The van der Waals surface area contributed by atoms with Crippen LogP contribution in [-0.2, 0) is 12.8 Å². The first-order valence-corrected chi connectivity index (χ1v) is 7.03. The van der Waals surface area contributed by atoms with Gasteiger partial charge in [-0.2, -0.15) is 0 Å². The van der Waals surface area contributed by atoms with Crippen LogP contribution in [0.25, 0.3) is 10.9 Å². The molecule has 0 amide bonds. The zero-order valence-electron chi connectivity index (χ0n) is 11.4. The van der Waals surface area contributed by atoms with Gasteiger partial charge in [-0.15, -0.1) is 0 Å². The lowest BCUT2D eigenvalue weighted by Crippen LogP contribution is -2.05. The molecule has 2 heteroatoms. The molecule has 1 aromatic carbocycles. The summed E-state index contributed by atoms with van der Waals surface area (Å²) >= 11 is 0. The fraction of sp³-hybridized carbons (Fsp3) is 0.353. The van der Waals surface area contributed by atoms with E-state index in [1.807, 2.05) is 25.1 Å². The molecule has 0 saturated heterocycles. The number of hydrogen-bond acceptors (Lipinski definition) is 2. The van der Waals surface area contributed by atoms with E-state index in [1.165, 1.54) is 35.9 Å². The molecule has 0 aliphatic heterocycles. The van der Waals surface area contributed by atoms with Gasteiger partial charge in [0.1, 0.15) is 12.4 Å². The van der Waals surface area contributed by atoms with Crippen molar-refractivity contribution in [3.63, 3.8) is 0 Å². The smallest absolute Gasteiger partial charge is 0.120 e. The second-order valence-corrected chi connectivity index (χ2v) is 5.04. The lowest BCUT2D eigenvalue weighted by molar-refractivity contribution is 0.363. The third kappa shape index (κ3) is 2.62. The topological polar surface area (TPSA) is 22.1 Å². The summed E-state index contributed by atoms with van der Waals surface area (Å²) in [5.41, 5.74) is 3.80. The maximum atomic E-state index is 5.68. The van der Waals surface area contributed by atoms with Crippen molar-refractivity contribution < 1.29 is 4.74 Å². The molecule has 1 aliphatic rings. The predicted molar refractivity (Wildman–Crippen MR) is 78.7 cm³/mol. The number of aryl methyl sites for hydroxylation is 2. The van der Waals surface area contributed by atoms with Crippen LogP contribution in [-0.4, -0.2) is 11.6 Å². The van der Waals surface area contributed by atoms with Gasteiger partial charge < -0.3 is 4.74 Å². The summed E-state index contributed by atoms with van der Waals surface area (Å²) in [6.45, 7) is 2.63. The third-order valence-electron chi connectivity index (χ3n) is 3.65. The van der Waals surface area contributed by atoms with Crippen LogP contribution in [0, 0.1) is 0 Å². The first-order chi connectivity index (χ1) is 9.36. The number of nitrogens with zero attached hydrogens (tertiary/aromatic N) is 1. The minimum absolute atomic E-state index is 0.625. The summed E-state index contributed by atoms with van der Waals surface area (Å²) in [6.07, 6.45) is 8.87. The molecular weight excluding hydrogens is 234 g/mol. The molecule has 1 aromatic heterocycles. The Hall–Kier alpha value is -1.83. The van der Waals surface area contributed by atoms with Crippen molar-refractivity contribution in [3.05, 3.63) is 47.7 Å². The van der Waals surface area contributed by atoms with Crippen molar-refractivity contribution in [1.29, 1.82) is 0 Å². The second-order valence-electron chi connectivity index (χ2n) is 5.04. The van der Waals surface area contributed by atoms with Gasteiger partial charge in [0.2, 0.25) is 0 Å². The summed E-state index contributed by atoms with van der Waals surface area (Å²) in [6, 6.07) is 8.46. The molecule has 19 heavy (non-hydrogen) atoms. The number of fused-ring (bicyclic) bond motifs is 2. The average Bonchev–Trinajstić information content (AvgIpc) is 2.45. The van der Waals surface area contributed by atoms with Crippen LogP contribution in [0.3, 0.4) is 0 Å². The number of hydrogen-bond donors (Lipinski definition) is 0. The highest BCUT2D eigenvalue weighted by atomic mass is 16.5. The summed E-state index contributed by atoms with van der Waals surface area (Å²) in [7, 11) is 0. The van der Waals surface area contributed by atoms with Gasteiger partial charge >= 0.3 is 0 Å². The SMILES string of the molecule is C/C=C/COc1ccc2nc3c(cc2c1)CCCC3. The second kappa shape index (κ2) is 5.43. The minimum Gasteiger partial charge on any atom is -0.490 e. The van der Waals surface area contributed by atoms with E-state index in [0.29, 0.717) is 6.61 Å².